The van der Waals surface area contributed by atoms with E-state index in [2.05, 4.69) is 15.6 Å². The molecule has 0 fully saturated rings. The summed E-state index contributed by atoms with van der Waals surface area (Å²) in [7, 11) is 0. The number of hydrogen-bond acceptors (Lipinski definition) is 4. The molecule has 0 aliphatic rings. The number of carbonyl (C=O) groups excluding carboxylic acids is 1. The van der Waals surface area contributed by atoms with Crippen molar-refractivity contribution in [1.29, 1.82) is 0 Å². The van der Waals surface area contributed by atoms with Crippen molar-refractivity contribution >= 4 is 5.91 Å². The number of amides is 1. The van der Waals surface area contributed by atoms with Crippen LogP contribution in [0.2, 0.25) is 0 Å². The quantitative estimate of drug-likeness (QED) is 0.715. The van der Waals surface area contributed by atoms with E-state index in [1.54, 1.807) is 18.5 Å². The van der Waals surface area contributed by atoms with E-state index < -0.39 is 5.54 Å². The molecule has 0 aliphatic heterocycles. The molecule has 0 atom stereocenters. The maximum absolute atomic E-state index is 12.4. The Morgan fingerprint density at radius 2 is 1.69 bits per heavy atom. The highest BCUT2D eigenvalue weighted by atomic mass is 16.3. The Labute approximate surface area is 152 Å². The van der Waals surface area contributed by atoms with E-state index in [-0.39, 0.29) is 18.9 Å². The summed E-state index contributed by atoms with van der Waals surface area (Å²) >= 11 is 0. The second-order valence-corrected chi connectivity index (χ2v) is 6.77. The van der Waals surface area contributed by atoms with Crippen LogP contribution in [0.25, 0.3) is 16.9 Å². The number of para-hydroxylation sites is 1. The topological polar surface area (TPSA) is 80.0 Å². The molecule has 134 valence electrons. The van der Waals surface area contributed by atoms with Crippen molar-refractivity contribution in [2.45, 2.75) is 25.8 Å². The van der Waals surface area contributed by atoms with Crippen LogP contribution in [0.4, 0.5) is 0 Å². The molecule has 0 aliphatic carbocycles. The van der Waals surface area contributed by atoms with Crippen molar-refractivity contribution in [2.24, 2.45) is 0 Å². The minimum absolute atomic E-state index is 0.0838. The maximum Gasteiger partial charge on any atom is 0.226 e. The van der Waals surface area contributed by atoms with Gasteiger partial charge in [0.25, 0.3) is 0 Å². The summed E-state index contributed by atoms with van der Waals surface area (Å²) in [6.45, 7) is 3.40. The van der Waals surface area contributed by atoms with Crippen molar-refractivity contribution < 1.29 is 9.90 Å². The van der Waals surface area contributed by atoms with E-state index in [4.69, 9.17) is 0 Å². The fraction of sp³-hybridized carbons (Fsp3) is 0.250. The Morgan fingerprint density at radius 1 is 1.08 bits per heavy atom. The van der Waals surface area contributed by atoms with Gasteiger partial charge in [-0.05, 0) is 26.0 Å². The lowest BCUT2D eigenvalue weighted by Gasteiger charge is -2.23. The Balaban J connectivity index is 1.99. The smallest absolute Gasteiger partial charge is 0.226 e. The lowest BCUT2D eigenvalue weighted by molar-refractivity contribution is -0.122. The Hall–Kier alpha value is -2.99. The SMILES string of the molecule is CC(C)(CO)NC(=O)Cc1nnn(-c2ccccc2)c1-c1ccccc1. The van der Waals surface area contributed by atoms with Gasteiger partial charge in [-0.25, -0.2) is 4.68 Å². The van der Waals surface area contributed by atoms with Gasteiger partial charge in [-0.1, -0.05) is 53.7 Å². The van der Waals surface area contributed by atoms with E-state index in [0.717, 1.165) is 16.9 Å². The normalized spacial score (nSPS) is 11.3. The minimum Gasteiger partial charge on any atom is -0.394 e. The number of aliphatic hydroxyl groups excluding tert-OH is 1. The van der Waals surface area contributed by atoms with Crippen molar-refractivity contribution in [3.8, 4) is 16.9 Å². The third-order valence-electron chi connectivity index (χ3n) is 3.99. The molecule has 0 saturated carbocycles. The largest absolute Gasteiger partial charge is 0.394 e. The number of nitrogens with zero attached hydrogens (tertiary/aromatic N) is 3. The summed E-state index contributed by atoms with van der Waals surface area (Å²) in [4.78, 5) is 12.4. The third kappa shape index (κ3) is 3.97. The zero-order chi connectivity index (χ0) is 18.6. The number of benzene rings is 2. The second kappa shape index (κ2) is 7.49. The van der Waals surface area contributed by atoms with Crippen LogP contribution in [-0.4, -0.2) is 38.2 Å². The average molecular weight is 350 g/mol. The highest BCUT2D eigenvalue weighted by Crippen LogP contribution is 2.25. The molecular weight excluding hydrogens is 328 g/mol. The van der Waals surface area contributed by atoms with Gasteiger partial charge in [-0.2, -0.15) is 0 Å². The lowest BCUT2D eigenvalue weighted by atomic mass is 10.1. The van der Waals surface area contributed by atoms with Gasteiger partial charge in [0.2, 0.25) is 5.91 Å². The predicted octanol–water partition coefficient (Wildman–Crippen LogP) is 2.36. The molecule has 0 saturated heterocycles. The van der Waals surface area contributed by atoms with Crippen LogP contribution in [-0.2, 0) is 11.2 Å². The Kier molecular flexibility index (Phi) is 5.14. The van der Waals surface area contributed by atoms with Gasteiger partial charge < -0.3 is 10.4 Å². The average Bonchev–Trinajstić information content (AvgIpc) is 3.06. The number of rotatable bonds is 6. The van der Waals surface area contributed by atoms with Crippen molar-refractivity contribution in [3.05, 3.63) is 66.4 Å². The first-order valence-corrected chi connectivity index (χ1v) is 8.47. The van der Waals surface area contributed by atoms with Crippen LogP contribution < -0.4 is 5.32 Å². The summed E-state index contributed by atoms with van der Waals surface area (Å²) in [6.07, 6.45) is 0.0838. The molecule has 3 aromatic rings. The van der Waals surface area contributed by atoms with E-state index in [1.165, 1.54) is 0 Å². The number of hydrogen-bond donors (Lipinski definition) is 2. The first-order chi connectivity index (χ1) is 12.5. The van der Waals surface area contributed by atoms with Gasteiger partial charge in [0.1, 0.15) is 5.69 Å². The highest BCUT2D eigenvalue weighted by Gasteiger charge is 2.23. The lowest BCUT2D eigenvalue weighted by Crippen LogP contribution is -2.46. The molecule has 0 bridgehead atoms. The van der Waals surface area contributed by atoms with Gasteiger partial charge in [-0.15, -0.1) is 5.10 Å². The Bertz CT molecular complexity index is 873. The fourth-order valence-electron chi connectivity index (χ4n) is 2.68. The van der Waals surface area contributed by atoms with Gasteiger partial charge in [0.05, 0.1) is 29.9 Å². The monoisotopic (exact) mass is 350 g/mol. The molecule has 0 unspecified atom stereocenters. The third-order valence-corrected chi connectivity index (χ3v) is 3.99. The van der Waals surface area contributed by atoms with Crippen molar-refractivity contribution in [2.75, 3.05) is 6.61 Å². The van der Waals surface area contributed by atoms with Crippen LogP contribution in [0.15, 0.2) is 60.7 Å². The molecule has 1 aromatic heterocycles. The molecule has 0 radical (unpaired) electrons. The minimum atomic E-state index is -0.681. The molecule has 6 nitrogen and oxygen atoms in total. The number of nitrogens with one attached hydrogen (secondary N) is 1. The standard InChI is InChI=1S/C20H22N4O2/c1-20(2,14-25)21-18(26)13-17-19(15-9-5-3-6-10-15)24(23-22-17)16-11-7-4-8-12-16/h3-12,25H,13-14H2,1-2H3,(H,21,26). The molecule has 2 aromatic carbocycles. The van der Waals surface area contributed by atoms with Crippen LogP contribution >= 0.6 is 0 Å². The molecule has 1 heterocycles. The summed E-state index contributed by atoms with van der Waals surface area (Å²) < 4.78 is 1.75. The van der Waals surface area contributed by atoms with E-state index in [1.807, 2.05) is 60.7 Å². The van der Waals surface area contributed by atoms with Crippen LogP contribution in [0.5, 0.6) is 0 Å². The highest BCUT2D eigenvalue weighted by molar-refractivity contribution is 5.81. The van der Waals surface area contributed by atoms with Gasteiger partial charge in [0, 0.05) is 5.56 Å². The summed E-state index contributed by atoms with van der Waals surface area (Å²) in [5, 5.41) is 20.7. The molecule has 0 spiro atoms. The first-order valence-electron chi connectivity index (χ1n) is 8.47. The van der Waals surface area contributed by atoms with Gasteiger partial charge >= 0.3 is 0 Å². The molecule has 1 amide bonds. The second-order valence-electron chi connectivity index (χ2n) is 6.77. The van der Waals surface area contributed by atoms with E-state index in [0.29, 0.717) is 5.69 Å². The molecular formula is C20H22N4O2. The molecule has 6 heteroatoms. The Morgan fingerprint density at radius 3 is 2.31 bits per heavy atom. The molecule has 3 rings (SSSR count). The van der Waals surface area contributed by atoms with Gasteiger partial charge in [-0.3, -0.25) is 4.79 Å². The zero-order valence-corrected chi connectivity index (χ0v) is 14.9. The number of aromatic nitrogens is 3. The molecule has 2 N–H and O–H groups in total. The first kappa shape index (κ1) is 17.8. The zero-order valence-electron chi connectivity index (χ0n) is 14.9. The van der Waals surface area contributed by atoms with Crippen molar-refractivity contribution in [1.82, 2.24) is 20.3 Å². The molecule has 26 heavy (non-hydrogen) atoms. The van der Waals surface area contributed by atoms with E-state index >= 15 is 0 Å². The number of aliphatic hydroxyl groups is 1. The van der Waals surface area contributed by atoms with Crippen LogP contribution in [0, 0.1) is 0 Å². The summed E-state index contributed by atoms with van der Waals surface area (Å²) in [5.41, 5.74) is 2.51. The predicted molar refractivity (Wildman–Crippen MR) is 99.8 cm³/mol. The van der Waals surface area contributed by atoms with Crippen LogP contribution in [0.3, 0.4) is 0 Å². The summed E-state index contributed by atoms with van der Waals surface area (Å²) in [6, 6.07) is 19.5. The maximum atomic E-state index is 12.4. The van der Waals surface area contributed by atoms with E-state index in [9.17, 15) is 9.90 Å². The number of carbonyl (C=O) groups is 1. The van der Waals surface area contributed by atoms with Crippen molar-refractivity contribution in [3.63, 3.8) is 0 Å². The summed E-state index contributed by atoms with van der Waals surface area (Å²) in [5.74, 6) is -0.207. The van der Waals surface area contributed by atoms with Gasteiger partial charge in [0.15, 0.2) is 0 Å². The van der Waals surface area contributed by atoms with Crippen LogP contribution in [0.1, 0.15) is 19.5 Å². The fourth-order valence-corrected chi connectivity index (χ4v) is 2.68.